The number of esters is 2. The number of imide groups is 1. The molecule has 2 aromatic carbocycles. The van der Waals surface area contributed by atoms with E-state index in [0.717, 1.165) is 6.92 Å². The lowest BCUT2D eigenvalue weighted by molar-refractivity contribution is -0.172. The number of benzene rings is 2. The molecule has 0 aromatic heterocycles. The summed E-state index contributed by atoms with van der Waals surface area (Å²) in [4.78, 5) is 52.9. The molecular weight excluding hydrogens is 478 g/mol. The van der Waals surface area contributed by atoms with Gasteiger partial charge in [0.05, 0.1) is 0 Å². The highest BCUT2D eigenvalue weighted by Crippen LogP contribution is 2.31. The van der Waals surface area contributed by atoms with Crippen LogP contribution in [0.5, 0.6) is 0 Å². The van der Waals surface area contributed by atoms with E-state index in [9.17, 15) is 19.2 Å². The van der Waals surface area contributed by atoms with Gasteiger partial charge in [0.15, 0.2) is 0 Å². The molecule has 0 saturated carbocycles. The zero-order valence-electron chi connectivity index (χ0n) is 22.3. The number of nitrogens with zero attached hydrogens (tertiary/aromatic N) is 1. The van der Waals surface area contributed by atoms with Crippen LogP contribution in [0, 0.1) is 0 Å². The normalized spacial score (nSPS) is 13.1. The van der Waals surface area contributed by atoms with Crippen molar-refractivity contribution in [3.8, 4) is 0 Å². The van der Waals surface area contributed by atoms with Gasteiger partial charge in [-0.25, -0.2) is 19.3 Å². The fraction of sp³-hybridized carbons (Fsp3) is 0.429. The van der Waals surface area contributed by atoms with Gasteiger partial charge in [0.2, 0.25) is 6.10 Å². The van der Waals surface area contributed by atoms with Crippen molar-refractivity contribution < 1.29 is 38.1 Å². The van der Waals surface area contributed by atoms with Crippen LogP contribution in [-0.2, 0) is 35.1 Å². The van der Waals surface area contributed by atoms with Crippen LogP contribution in [0.15, 0.2) is 60.7 Å². The van der Waals surface area contributed by atoms with Gasteiger partial charge in [-0.2, -0.15) is 0 Å². The average Bonchev–Trinajstić information content (AvgIpc) is 2.78. The van der Waals surface area contributed by atoms with Gasteiger partial charge in [-0.1, -0.05) is 60.7 Å². The van der Waals surface area contributed by atoms with Crippen LogP contribution < -0.4 is 0 Å². The van der Waals surface area contributed by atoms with Gasteiger partial charge in [0.1, 0.15) is 23.9 Å². The summed E-state index contributed by atoms with van der Waals surface area (Å²) < 4.78 is 21.8. The van der Waals surface area contributed by atoms with Gasteiger partial charge in [0.25, 0.3) is 0 Å². The van der Waals surface area contributed by atoms with Crippen LogP contribution in [0.1, 0.15) is 65.6 Å². The SMILES string of the molecule is CC(=O)O[C@H](C(=O)OCc1ccccc1)[C@H](c1ccccc1)N(C(=O)OC(C)(C)C)C(=O)OC(C)(C)C. The first-order valence-corrected chi connectivity index (χ1v) is 11.9. The molecule has 2 rings (SSSR count). The van der Waals surface area contributed by atoms with Gasteiger partial charge in [-0.05, 0) is 52.7 Å². The largest absolute Gasteiger partial charge is 0.458 e. The smallest absolute Gasteiger partial charge is 0.420 e. The molecule has 0 N–H and O–H groups in total. The van der Waals surface area contributed by atoms with Gasteiger partial charge in [0, 0.05) is 6.92 Å². The maximum atomic E-state index is 13.4. The van der Waals surface area contributed by atoms with Gasteiger partial charge >= 0.3 is 24.1 Å². The Morgan fingerprint density at radius 1 is 0.757 bits per heavy atom. The first-order valence-electron chi connectivity index (χ1n) is 11.9. The second-order valence-corrected chi connectivity index (χ2v) is 10.3. The number of ether oxygens (including phenoxy) is 4. The first kappa shape index (κ1) is 29.4. The average molecular weight is 514 g/mol. The zero-order valence-corrected chi connectivity index (χ0v) is 22.3. The Kier molecular flexibility index (Phi) is 9.82. The van der Waals surface area contributed by atoms with E-state index < -0.39 is 47.5 Å². The summed E-state index contributed by atoms with van der Waals surface area (Å²) in [5.41, 5.74) is -0.945. The van der Waals surface area contributed by atoms with E-state index >= 15 is 0 Å². The number of amides is 2. The Balaban J connectivity index is 2.60. The Labute approximate surface area is 217 Å². The first-order chi connectivity index (χ1) is 17.2. The Morgan fingerprint density at radius 2 is 1.22 bits per heavy atom. The highest BCUT2D eigenvalue weighted by atomic mass is 16.6. The number of hydrogen-bond donors (Lipinski definition) is 0. The van der Waals surface area contributed by atoms with Crippen molar-refractivity contribution in [3.05, 3.63) is 71.8 Å². The van der Waals surface area contributed by atoms with Crippen LogP contribution in [0.25, 0.3) is 0 Å². The highest BCUT2D eigenvalue weighted by molar-refractivity contribution is 5.90. The number of carbonyl (C=O) groups excluding carboxylic acids is 4. The molecule has 0 unspecified atom stereocenters. The third-order valence-corrected chi connectivity index (χ3v) is 4.64. The molecule has 0 bridgehead atoms. The molecule has 2 aromatic rings. The van der Waals surface area contributed by atoms with Crippen molar-refractivity contribution in [2.75, 3.05) is 0 Å². The number of hydrogen-bond acceptors (Lipinski definition) is 8. The summed E-state index contributed by atoms with van der Waals surface area (Å²) in [7, 11) is 0. The molecule has 37 heavy (non-hydrogen) atoms. The number of rotatable bonds is 7. The van der Waals surface area contributed by atoms with Crippen molar-refractivity contribution in [1.82, 2.24) is 4.90 Å². The Morgan fingerprint density at radius 3 is 1.65 bits per heavy atom. The van der Waals surface area contributed by atoms with Crippen molar-refractivity contribution in [3.63, 3.8) is 0 Å². The third kappa shape index (κ3) is 9.59. The van der Waals surface area contributed by atoms with Crippen LogP contribution in [0.4, 0.5) is 9.59 Å². The summed E-state index contributed by atoms with van der Waals surface area (Å²) in [6.07, 6.45) is -3.86. The molecule has 2 atom stereocenters. The molecule has 0 aliphatic rings. The zero-order chi connectivity index (χ0) is 27.8. The minimum absolute atomic E-state index is 0.113. The molecule has 200 valence electrons. The second kappa shape index (κ2) is 12.4. The third-order valence-electron chi connectivity index (χ3n) is 4.64. The van der Waals surface area contributed by atoms with Crippen LogP contribution in [0.3, 0.4) is 0 Å². The quantitative estimate of drug-likeness (QED) is 0.349. The van der Waals surface area contributed by atoms with Gasteiger partial charge < -0.3 is 18.9 Å². The second-order valence-electron chi connectivity index (χ2n) is 10.3. The van der Waals surface area contributed by atoms with Gasteiger partial charge in [-0.3, -0.25) is 4.79 Å². The molecule has 2 amide bonds. The molecule has 9 nitrogen and oxygen atoms in total. The predicted molar refractivity (Wildman–Crippen MR) is 135 cm³/mol. The molecule has 9 heteroatoms. The fourth-order valence-corrected chi connectivity index (χ4v) is 3.26. The topological polar surface area (TPSA) is 108 Å². The molecule has 0 heterocycles. The molecule has 0 aliphatic heterocycles. The Bertz CT molecular complexity index is 1040. The molecule has 0 radical (unpaired) electrons. The van der Waals surface area contributed by atoms with Crippen molar-refractivity contribution >= 4 is 24.1 Å². The molecule has 0 spiro atoms. The lowest BCUT2D eigenvalue weighted by Gasteiger charge is -2.36. The minimum atomic E-state index is -1.70. The number of carbonyl (C=O) groups is 4. The highest BCUT2D eigenvalue weighted by Gasteiger charge is 2.46. The standard InChI is InChI=1S/C28H35NO8/c1-19(30)35-23(24(31)34-18-20-14-10-8-11-15-20)22(21-16-12-9-13-17-21)29(25(32)36-27(2,3)4)26(33)37-28(5,6)7/h8-17,22-23H,18H2,1-7H3/t22-,23-/m0/s1. The fourth-order valence-electron chi connectivity index (χ4n) is 3.26. The van der Waals surface area contributed by atoms with E-state index in [1.807, 2.05) is 6.07 Å². The lowest BCUT2D eigenvalue weighted by Crippen LogP contribution is -2.51. The van der Waals surface area contributed by atoms with E-state index in [0.29, 0.717) is 16.0 Å². The molecule has 0 fully saturated rings. The minimum Gasteiger partial charge on any atom is -0.458 e. The molecule has 0 saturated heterocycles. The molecule has 0 aliphatic carbocycles. The summed E-state index contributed by atoms with van der Waals surface area (Å²) in [6.45, 7) is 10.8. The molecular formula is C28H35NO8. The van der Waals surface area contributed by atoms with E-state index in [4.69, 9.17) is 18.9 Å². The van der Waals surface area contributed by atoms with Crippen LogP contribution in [0.2, 0.25) is 0 Å². The predicted octanol–water partition coefficient (Wildman–Crippen LogP) is 5.58. The van der Waals surface area contributed by atoms with Gasteiger partial charge in [-0.15, -0.1) is 0 Å². The van der Waals surface area contributed by atoms with Crippen LogP contribution in [-0.4, -0.2) is 46.3 Å². The maximum absolute atomic E-state index is 13.4. The van der Waals surface area contributed by atoms with Crippen molar-refractivity contribution in [2.24, 2.45) is 0 Å². The van der Waals surface area contributed by atoms with E-state index in [-0.39, 0.29) is 6.61 Å². The summed E-state index contributed by atoms with van der Waals surface area (Å²) in [6, 6.07) is 15.7. The van der Waals surface area contributed by atoms with Crippen molar-refractivity contribution in [2.45, 2.75) is 78.4 Å². The van der Waals surface area contributed by atoms with E-state index in [1.165, 1.54) is 0 Å². The van der Waals surface area contributed by atoms with E-state index in [2.05, 4.69) is 0 Å². The van der Waals surface area contributed by atoms with E-state index in [1.54, 1.807) is 96.1 Å². The summed E-state index contributed by atoms with van der Waals surface area (Å²) in [5.74, 6) is -1.76. The van der Waals surface area contributed by atoms with Crippen molar-refractivity contribution in [1.29, 1.82) is 0 Å². The van der Waals surface area contributed by atoms with Crippen LogP contribution >= 0.6 is 0 Å². The monoisotopic (exact) mass is 513 g/mol. The Hall–Kier alpha value is -3.88. The summed E-state index contributed by atoms with van der Waals surface area (Å²) >= 11 is 0. The maximum Gasteiger partial charge on any atom is 0.420 e. The summed E-state index contributed by atoms with van der Waals surface area (Å²) in [5, 5.41) is 0. The lowest BCUT2D eigenvalue weighted by atomic mass is 9.99.